The monoisotopic (exact) mass is 361 g/mol. The van der Waals surface area contributed by atoms with Gasteiger partial charge in [-0.15, -0.1) is 0 Å². The van der Waals surface area contributed by atoms with Gasteiger partial charge in [-0.2, -0.15) is 0 Å². The fourth-order valence-electron chi connectivity index (χ4n) is 2.38. The Labute approximate surface area is 147 Å². The van der Waals surface area contributed by atoms with E-state index in [-0.39, 0.29) is 0 Å². The van der Waals surface area contributed by atoms with Gasteiger partial charge in [0.1, 0.15) is 0 Å². The van der Waals surface area contributed by atoms with Gasteiger partial charge in [0.15, 0.2) is 5.11 Å². The summed E-state index contributed by atoms with van der Waals surface area (Å²) in [5.41, 5.74) is 1.18. The van der Waals surface area contributed by atoms with Crippen LogP contribution in [0.3, 0.4) is 0 Å². The summed E-state index contributed by atoms with van der Waals surface area (Å²) < 4.78 is 5.01. The third kappa shape index (κ3) is 5.25. The number of methoxy groups -OCH3 is 1. The van der Waals surface area contributed by atoms with Crippen molar-refractivity contribution in [2.75, 3.05) is 46.4 Å². The molecule has 1 N–H and O–H groups in total. The molecular weight excluding hydrogens is 341 g/mol. The smallest absolute Gasteiger partial charge is 0.169 e. The highest BCUT2D eigenvalue weighted by Crippen LogP contribution is 2.23. The first-order valence-corrected chi connectivity index (χ1v) is 8.44. The predicted octanol–water partition coefficient (Wildman–Crippen LogP) is 2.63. The molecule has 1 aromatic carbocycles. The average Bonchev–Trinajstić information content (AvgIpc) is 2.52. The van der Waals surface area contributed by atoms with E-state index in [1.807, 2.05) is 18.2 Å². The van der Waals surface area contributed by atoms with Crippen LogP contribution in [-0.4, -0.2) is 61.4 Å². The summed E-state index contributed by atoms with van der Waals surface area (Å²) in [5, 5.41) is 5.24. The zero-order chi connectivity index (χ0) is 15.9. The highest BCUT2D eigenvalue weighted by molar-refractivity contribution is 7.80. The fourth-order valence-corrected chi connectivity index (χ4v) is 2.98. The lowest BCUT2D eigenvalue weighted by molar-refractivity contribution is 0.172. The maximum absolute atomic E-state index is 6.06. The topological polar surface area (TPSA) is 27.7 Å². The molecule has 1 aliphatic heterocycles. The van der Waals surface area contributed by atoms with Gasteiger partial charge in [0, 0.05) is 46.4 Å². The molecule has 22 heavy (non-hydrogen) atoms. The Bertz CT molecular complexity index is 508. The second-order valence-corrected chi connectivity index (χ2v) is 6.44. The van der Waals surface area contributed by atoms with Gasteiger partial charge in [0.25, 0.3) is 0 Å². The molecule has 0 atom stereocenters. The zero-order valence-corrected chi connectivity index (χ0v) is 15.0. The van der Waals surface area contributed by atoms with Crippen molar-refractivity contribution in [2.24, 2.45) is 0 Å². The van der Waals surface area contributed by atoms with Gasteiger partial charge in [0.2, 0.25) is 0 Å². The summed E-state index contributed by atoms with van der Waals surface area (Å²) in [6.45, 7) is 6.11. The molecular formula is C15H21Cl2N3OS. The number of nitrogens with zero attached hydrogens (tertiary/aromatic N) is 2. The van der Waals surface area contributed by atoms with Crippen LogP contribution in [0, 0.1) is 0 Å². The van der Waals surface area contributed by atoms with E-state index in [1.54, 1.807) is 7.11 Å². The van der Waals surface area contributed by atoms with Crippen molar-refractivity contribution in [2.45, 2.75) is 6.54 Å². The van der Waals surface area contributed by atoms with Crippen molar-refractivity contribution in [1.82, 2.24) is 15.1 Å². The van der Waals surface area contributed by atoms with Crippen molar-refractivity contribution >= 4 is 40.5 Å². The number of rotatable bonds is 5. The minimum Gasteiger partial charge on any atom is -0.383 e. The van der Waals surface area contributed by atoms with Crippen LogP contribution in [0.1, 0.15) is 5.56 Å². The quantitative estimate of drug-likeness (QED) is 0.642. The Hall–Kier alpha value is -0.590. The Morgan fingerprint density at radius 2 is 1.95 bits per heavy atom. The lowest BCUT2D eigenvalue weighted by Crippen LogP contribution is -2.51. The summed E-state index contributed by atoms with van der Waals surface area (Å²) in [7, 11) is 1.69. The normalized spacial score (nSPS) is 15.9. The van der Waals surface area contributed by atoms with Crippen LogP contribution in [0.2, 0.25) is 10.0 Å². The van der Waals surface area contributed by atoms with Crippen LogP contribution in [-0.2, 0) is 11.3 Å². The molecule has 1 aliphatic rings. The first kappa shape index (κ1) is 17.8. The molecule has 0 bridgehead atoms. The van der Waals surface area contributed by atoms with Crippen molar-refractivity contribution in [3.8, 4) is 0 Å². The molecule has 122 valence electrons. The van der Waals surface area contributed by atoms with Crippen LogP contribution in [0.25, 0.3) is 0 Å². The summed E-state index contributed by atoms with van der Waals surface area (Å²) >= 11 is 17.4. The minimum absolute atomic E-state index is 0.600. The van der Waals surface area contributed by atoms with Gasteiger partial charge in [-0.25, -0.2) is 0 Å². The summed E-state index contributed by atoms with van der Waals surface area (Å²) in [5.74, 6) is 0. The highest BCUT2D eigenvalue weighted by atomic mass is 35.5. The van der Waals surface area contributed by atoms with E-state index in [0.717, 1.165) is 44.4 Å². The van der Waals surface area contributed by atoms with Crippen LogP contribution in [0.15, 0.2) is 18.2 Å². The summed E-state index contributed by atoms with van der Waals surface area (Å²) in [6.07, 6.45) is 0. The predicted molar refractivity (Wildman–Crippen MR) is 95.8 cm³/mol. The number of ether oxygens (including phenoxy) is 1. The van der Waals surface area contributed by atoms with E-state index in [9.17, 15) is 0 Å². The first-order valence-electron chi connectivity index (χ1n) is 7.28. The second-order valence-electron chi connectivity index (χ2n) is 5.24. The molecule has 1 heterocycles. The van der Waals surface area contributed by atoms with E-state index in [4.69, 9.17) is 40.2 Å². The van der Waals surface area contributed by atoms with E-state index in [1.165, 1.54) is 5.56 Å². The van der Waals surface area contributed by atoms with Crippen molar-refractivity contribution in [3.05, 3.63) is 33.8 Å². The Balaban J connectivity index is 1.77. The van der Waals surface area contributed by atoms with Gasteiger partial charge in [0.05, 0.1) is 16.7 Å². The Morgan fingerprint density at radius 1 is 1.23 bits per heavy atom. The molecule has 1 fully saturated rings. The highest BCUT2D eigenvalue weighted by Gasteiger charge is 2.18. The molecule has 1 saturated heterocycles. The molecule has 0 spiro atoms. The largest absolute Gasteiger partial charge is 0.383 e. The zero-order valence-electron chi connectivity index (χ0n) is 12.6. The van der Waals surface area contributed by atoms with Crippen LogP contribution < -0.4 is 5.32 Å². The van der Waals surface area contributed by atoms with Crippen LogP contribution in [0.4, 0.5) is 0 Å². The molecule has 7 heteroatoms. The number of thiocarbonyl (C=S) groups is 1. The lowest BCUT2D eigenvalue weighted by Gasteiger charge is -2.36. The molecule has 0 aromatic heterocycles. The number of benzene rings is 1. The van der Waals surface area contributed by atoms with Gasteiger partial charge < -0.3 is 15.0 Å². The fraction of sp³-hybridized carbons (Fsp3) is 0.533. The second kappa shape index (κ2) is 8.89. The van der Waals surface area contributed by atoms with E-state index in [2.05, 4.69) is 15.1 Å². The lowest BCUT2D eigenvalue weighted by atomic mass is 10.2. The third-order valence-corrected chi connectivity index (χ3v) is 4.77. The average molecular weight is 362 g/mol. The maximum Gasteiger partial charge on any atom is 0.169 e. The Morgan fingerprint density at radius 3 is 2.59 bits per heavy atom. The van der Waals surface area contributed by atoms with E-state index >= 15 is 0 Å². The van der Waals surface area contributed by atoms with Gasteiger partial charge in [-0.1, -0.05) is 29.3 Å². The molecule has 4 nitrogen and oxygen atoms in total. The number of hydrogen-bond acceptors (Lipinski definition) is 3. The molecule has 0 aliphatic carbocycles. The number of piperazine rings is 1. The number of hydrogen-bond donors (Lipinski definition) is 1. The number of nitrogens with one attached hydrogen (secondary N) is 1. The number of halogens is 2. The van der Waals surface area contributed by atoms with Crippen LogP contribution >= 0.6 is 35.4 Å². The van der Waals surface area contributed by atoms with E-state index in [0.29, 0.717) is 16.7 Å². The third-order valence-electron chi connectivity index (χ3n) is 3.63. The molecule has 0 unspecified atom stereocenters. The van der Waals surface area contributed by atoms with Crippen LogP contribution in [0.5, 0.6) is 0 Å². The molecule has 0 amide bonds. The summed E-state index contributed by atoms with van der Waals surface area (Å²) in [6, 6.07) is 5.81. The Kier molecular flexibility index (Phi) is 7.18. The van der Waals surface area contributed by atoms with Crippen molar-refractivity contribution in [3.63, 3.8) is 0 Å². The SMILES string of the molecule is COCCNC(=S)N1CCN(Cc2ccc(Cl)c(Cl)c2)CC1. The van der Waals surface area contributed by atoms with Crippen molar-refractivity contribution < 1.29 is 4.74 Å². The molecule has 2 rings (SSSR count). The summed E-state index contributed by atoms with van der Waals surface area (Å²) in [4.78, 5) is 4.60. The minimum atomic E-state index is 0.600. The molecule has 1 aromatic rings. The van der Waals surface area contributed by atoms with E-state index < -0.39 is 0 Å². The first-order chi connectivity index (χ1) is 10.6. The van der Waals surface area contributed by atoms with Crippen molar-refractivity contribution in [1.29, 1.82) is 0 Å². The molecule has 0 saturated carbocycles. The molecule has 0 radical (unpaired) electrons. The van der Waals surface area contributed by atoms with Gasteiger partial charge in [-0.05, 0) is 29.9 Å². The standard InChI is InChI=1S/C15H21Cl2N3OS/c1-21-9-4-18-15(22)20-7-5-19(6-8-20)11-12-2-3-13(16)14(17)10-12/h2-3,10H,4-9,11H2,1H3,(H,18,22). The maximum atomic E-state index is 6.06. The van der Waals surface area contributed by atoms with Gasteiger partial charge >= 0.3 is 0 Å². The van der Waals surface area contributed by atoms with Gasteiger partial charge in [-0.3, -0.25) is 4.90 Å².